The summed E-state index contributed by atoms with van der Waals surface area (Å²) in [5.41, 5.74) is 4.85. The average Bonchev–Trinajstić information content (AvgIpc) is 2.12. The Morgan fingerprint density at radius 2 is 2.17 bits per heavy atom. The van der Waals surface area contributed by atoms with Gasteiger partial charge in [-0.3, -0.25) is 9.59 Å². The first-order chi connectivity index (χ1) is 8.17. The molecule has 0 radical (unpaired) electrons. The highest BCUT2D eigenvalue weighted by molar-refractivity contribution is 8.00. The van der Waals surface area contributed by atoms with Gasteiger partial charge in [0.2, 0.25) is 5.91 Å². The second-order valence-electron chi connectivity index (χ2n) is 4.97. The monoisotopic (exact) mass is 270 g/mol. The van der Waals surface area contributed by atoms with Crippen LogP contribution < -0.4 is 16.6 Å². The summed E-state index contributed by atoms with van der Waals surface area (Å²) >= 11 is 1.16. The van der Waals surface area contributed by atoms with Crippen molar-refractivity contribution in [3.05, 3.63) is 16.4 Å². The fraction of sp³-hybridized carbons (Fsp3) is 0.545. The molecule has 4 N–H and O–H groups in total. The van der Waals surface area contributed by atoms with Gasteiger partial charge < -0.3 is 16.0 Å². The Morgan fingerprint density at radius 1 is 1.56 bits per heavy atom. The molecular formula is C11H18N4O2S. The Bertz CT molecular complexity index is 493. The van der Waals surface area contributed by atoms with Gasteiger partial charge in [0.25, 0.3) is 5.56 Å². The molecule has 7 heteroatoms. The summed E-state index contributed by atoms with van der Waals surface area (Å²) in [5.74, 6) is 0.0299. The van der Waals surface area contributed by atoms with Crippen LogP contribution in [0.3, 0.4) is 0 Å². The molecule has 1 unspecified atom stereocenters. The number of H-pyrrole nitrogens is 1. The topological polar surface area (TPSA) is 101 Å². The molecule has 1 aromatic heterocycles. The number of carbonyl (C=O) groups excluding carboxylic acids is 1. The number of aromatic nitrogens is 2. The lowest BCUT2D eigenvalue weighted by atomic mass is 10.1. The lowest BCUT2D eigenvalue weighted by molar-refractivity contribution is -0.121. The molecule has 1 rings (SSSR count). The molecule has 0 aliphatic heterocycles. The molecule has 0 fully saturated rings. The molecule has 1 aromatic rings. The van der Waals surface area contributed by atoms with Crippen LogP contribution in [0.25, 0.3) is 0 Å². The number of nitrogens with zero attached hydrogens (tertiary/aromatic N) is 1. The number of carbonyl (C=O) groups is 1. The largest absolute Gasteiger partial charge is 0.383 e. The van der Waals surface area contributed by atoms with E-state index < -0.39 is 0 Å². The highest BCUT2D eigenvalue weighted by Gasteiger charge is 2.20. The van der Waals surface area contributed by atoms with Crippen molar-refractivity contribution < 1.29 is 4.79 Å². The number of aromatic amines is 1. The van der Waals surface area contributed by atoms with Crippen molar-refractivity contribution in [3.63, 3.8) is 0 Å². The Kier molecular flexibility index (Phi) is 4.39. The Hall–Kier alpha value is -1.50. The van der Waals surface area contributed by atoms with Crippen LogP contribution in [0.1, 0.15) is 27.7 Å². The van der Waals surface area contributed by atoms with Crippen molar-refractivity contribution in [2.24, 2.45) is 0 Å². The molecule has 0 aliphatic rings. The SMILES string of the molecule is CC(Sc1nc(N)cc(=O)[nH]1)C(=O)NC(C)(C)C. The van der Waals surface area contributed by atoms with E-state index in [4.69, 9.17) is 5.73 Å². The van der Waals surface area contributed by atoms with E-state index in [0.717, 1.165) is 11.8 Å². The van der Waals surface area contributed by atoms with Crippen LogP contribution in [0.5, 0.6) is 0 Å². The van der Waals surface area contributed by atoms with Gasteiger partial charge >= 0.3 is 0 Å². The lowest BCUT2D eigenvalue weighted by Gasteiger charge is -2.22. The van der Waals surface area contributed by atoms with Crippen molar-refractivity contribution >= 4 is 23.5 Å². The van der Waals surface area contributed by atoms with Gasteiger partial charge in [0, 0.05) is 11.6 Å². The Balaban J connectivity index is 2.72. The molecule has 1 atom stereocenters. The van der Waals surface area contributed by atoms with Crippen LogP contribution in [0, 0.1) is 0 Å². The predicted molar refractivity (Wildman–Crippen MR) is 72.5 cm³/mol. The smallest absolute Gasteiger partial charge is 0.253 e. The predicted octanol–water partition coefficient (Wildman–Crippen LogP) is 0.747. The third kappa shape index (κ3) is 4.79. The summed E-state index contributed by atoms with van der Waals surface area (Å²) < 4.78 is 0. The van der Waals surface area contributed by atoms with Gasteiger partial charge in [0.1, 0.15) is 5.82 Å². The quantitative estimate of drug-likeness (QED) is 0.555. The maximum atomic E-state index is 11.8. The fourth-order valence-corrected chi connectivity index (χ4v) is 2.02. The Labute approximate surface area is 110 Å². The number of amides is 1. The lowest BCUT2D eigenvalue weighted by Crippen LogP contribution is -2.44. The first-order valence-corrected chi connectivity index (χ1v) is 6.41. The number of rotatable bonds is 3. The van der Waals surface area contributed by atoms with Gasteiger partial charge in [-0.1, -0.05) is 11.8 Å². The summed E-state index contributed by atoms with van der Waals surface area (Å²) in [5, 5.41) is 2.84. The van der Waals surface area contributed by atoms with Crippen molar-refractivity contribution in [2.75, 3.05) is 5.73 Å². The highest BCUT2D eigenvalue weighted by Crippen LogP contribution is 2.19. The van der Waals surface area contributed by atoms with Gasteiger partial charge in [0.15, 0.2) is 5.16 Å². The van der Waals surface area contributed by atoms with Gasteiger partial charge in [-0.25, -0.2) is 4.98 Å². The third-order valence-electron chi connectivity index (χ3n) is 1.90. The van der Waals surface area contributed by atoms with E-state index in [1.165, 1.54) is 6.07 Å². The fourth-order valence-electron chi connectivity index (χ4n) is 1.20. The van der Waals surface area contributed by atoms with Gasteiger partial charge in [-0.05, 0) is 27.7 Å². The Morgan fingerprint density at radius 3 is 2.67 bits per heavy atom. The molecule has 18 heavy (non-hydrogen) atoms. The van der Waals surface area contributed by atoms with Crippen LogP contribution >= 0.6 is 11.8 Å². The number of thioether (sulfide) groups is 1. The molecule has 1 amide bonds. The van der Waals surface area contributed by atoms with E-state index in [-0.39, 0.29) is 28.1 Å². The zero-order chi connectivity index (χ0) is 13.9. The van der Waals surface area contributed by atoms with E-state index in [1.807, 2.05) is 20.8 Å². The third-order valence-corrected chi connectivity index (χ3v) is 2.88. The second kappa shape index (κ2) is 5.43. The number of anilines is 1. The minimum Gasteiger partial charge on any atom is -0.383 e. The summed E-state index contributed by atoms with van der Waals surface area (Å²) in [6.07, 6.45) is 0. The molecule has 6 nitrogen and oxygen atoms in total. The molecule has 0 bridgehead atoms. The number of hydrogen-bond acceptors (Lipinski definition) is 5. The zero-order valence-electron chi connectivity index (χ0n) is 10.9. The minimum atomic E-state index is -0.367. The van der Waals surface area contributed by atoms with Crippen molar-refractivity contribution in [1.82, 2.24) is 15.3 Å². The summed E-state index contributed by atoms with van der Waals surface area (Å²) in [4.78, 5) is 29.5. The molecule has 0 aliphatic carbocycles. The van der Waals surface area contributed by atoms with Crippen molar-refractivity contribution in [3.8, 4) is 0 Å². The summed E-state index contributed by atoms with van der Waals surface area (Å²) in [6.45, 7) is 7.46. The maximum Gasteiger partial charge on any atom is 0.253 e. The van der Waals surface area contributed by atoms with Gasteiger partial charge in [-0.15, -0.1) is 0 Å². The van der Waals surface area contributed by atoms with Crippen LogP contribution in [0.15, 0.2) is 16.0 Å². The van der Waals surface area contributed by atoms with E-state index in [0.29, 0.717) is 5.16 Å². The first kappa shape index (κ1) is 14.6. The maximum absolute atomic E-state index is 11.8. The molecule has 0 aromatic carbocycles. The van der Waals surface area contributed by atoms with Crippen LogP contribution in [0.2, 0.25) is 0 Å². The number of hydrogen-bond donors (Lipinski definition) is 3. The second-order valence-corrected chi connectivity index (χ2v) is 6.30. The minimum absolute atomic E-state index is 0.113. The molecule has 0 saturated carbocycles. The van der Waals surface area contributed by atoms with Crippen molar-refractivity contribution in [2.45, 2.75) is 43.6 Å². The van der Waals surface area contributed by atoms with Crippen LogP contribution in [0.4, 0.5) is 5.82 Å². The molecule has 0 spiro atoms. The normalized spacial score (nSPS) is 13.1. The summed E-state index contributed by atoms with van der Waals surface area (Å²) in [6, 6.07) is 1.20. The van der Waals surface area contributed by atoms with E-state index >= 15 is 0 Å². The van der Waals surface area contributed by atoms with Crippen molar-refractivity contribution in [1.29, 1.82) is 0 Å². The molecule has 100 valence electrons. The molecule has 0 saturated heterocycles. The average molecular weight is 270 g/mol. The highest BCUT2D eigenvalue weighted by atomic mass is 32.2. The first-order valence-electron chi connectivity index (χ1n) is 5.53. The van der Waals surface area contributed by atoms with E-state index in [9.17, 15) is 9.59 Å². The van der Waals surface area contributed by atoms with Crippen LogP contribution in [-0.2, 0) is 4.79 Å². The number of nitrogens with two attached hydrogens (primary N) is 1. The van der Waals surface area contributed by atoms with Gasteiger partial charge in [-0.2, -0.15) is 0 Å². The van der Waals surface area contributed by atoms with E-state index in [1.54, 1.807) is 6.92 Å². The van der Waals surface area contributed by atoms with E-state index in [2.05, 4.69) is 15.3 Å². The standard InChI is InChI=1S/C11H18N4O2S/c1-6(9(17)15-11(2,3)4)18-10-13-7(12)5-8(16)14-10/h5-6H,1-4H3,(H,15,17)(H3,12,13,14,16). The zero-order valence-corrected chi connectivity index (χ0v) is 11.7. The summed E-state index contributed by atoms with van der Waals surface area (Å²) in [7, 11) is 0. The number of nitrogen functional groups attached to an aromatic ring is 1. The van der Waals surface area contributed by atoms with Crippen LogP contribution in [-0.4, -0.2) is 26.7 Å². The van der Waals surface area contributed by atoms with Gasteiger partial charge in [0.05, 0.1) is 5.25 Å². The number of nitrogens with one attached hydrogen (secondary N) is 2. The molecular weight excluding hydrogens is 252 g/mol. The molecule has 1 heterocycles.